The summed E-state index contributed by atoms with van der Waals surface area (Å²) in [5.74, 6) is -1.48. The third-order valence-corrected chi connectivity index (χ3v) is 6.62. The highest BCUT2D eigenvalue weighted by atomic mass is 19.4. The third kappa shape index (κ3) is 6.31. The van der Waals surface area contributed by atoms with Crippen molar-refractivity contribution in [3.05, 3.63) is 0 Å². The Labute approximate surface area is 174 Å². The van der Waals surface area contributed by atoms with Crippen molar-refractivity contribution in [2.24, 2.45) is 11.8 Å². The molecule has 3 atom stereocenters. The van der Waals surface area contributed by atoms with Crippen molar-refractivity contribution >= 4 is 11.9 Å². The van der Waals surface area contributed by atoms with Crippen molar-refractivity contribution in [3.63, 3.8) is 0 Å². The zero-order valence-electron chi connectivity index (χ0n) is 17.0. The lowest BCUT2D eigenvalue weighted by atomic mass is 9.86. The van der Waals surface area contributed by atoms with Crippen LogP contribution in [0.1, 0.15) is 44.9 Å². The van der Waals surface area contributed by atoms with Gasteiger partial charge in [0, 0.05) is 32.3 Å². The van der Waals surface area contributed by atoms with Crippen LogP contribution >= 0.6 is 0 Å². The molecule has 0 aromatic rings. The molecule has 30 heavy (non-hydrogen) atoms. The van der Waals surface area contributed by atoms with E-state index in [0.717, 1.165) is 51.6 Å². The molecule has 1 saturated carbocycles. The van der Waals surface area contributed by atoms with Crippen LogP contribution in [-0.2, 0) is 19.1 Å². The van der Waals surface area contributed by atoms with E-state index in [9.17, 15) is 18.0 Å². The Balaban J connectivity index is 0.000000318. The molecule has 0 aromatic carbocycles. The first kappa shape index (κ1) is 23.3. The van der Waals surface area contributed by atoms with Gasteiger partial charge in [-0.2, -0.15) is 13.2 Å². The van der Waals surface area contributed by atoms with Crippen LogP contribution in [-0.4, -0.2) is 79.2 Å². The van der Waals surface area contributed by atoms with Gasteiger partial charge < -0.3 is 19.9 Å². The third-order valence-electron chi connectivity index (χ3n) is 6.62. The van der Waals surface area contributed by atoms with Crippen LogP contribution < -0.4 is 5.32 Å². The van der Waals surface area contributed by atoms with Gasteiger partial charge in [0.15, 0.2) is 0 Å². The number of hydrogen-bond acceptors (Lipinski definition) is 5. The molecule has 0 aromatic heterocycles. The first-order valence-corrected chi connectivity index (χ1v) is 10.8. The molecular formula is C20H31F3N2O5. The van der Waals surface area contributed by atoms with Gasteiger partial charge in [0.2, 0.25) is 5.91 Å². The number of alkyl halides is 3. The zero-order chi connectivity index (χ0) is 21.7. The summed E-state index contributed by atoms with van der Waals surface area (Å²) in [6, 6.07) is 0.793. The molecule has 3 heterocycles. The minimum absolute atomic E-state index is 0.112. The van der Waals surface area contributed by atoms with E-state index < -0.39 is 12.1 Å². The Morgan fingerprint density at radius 1 is 1.10 bits per heavy atom. The lowest BCUT2D eigenvalue weighted by Gasteiger charge is -2.43. The molecule has 4 rings (SSSR count). The van der Waals surface area contributed by atoms with Gasteiger partial charge in [-0.25, -0.2) is 4.79 Å². The maximum atomic E-state index is 12.4. The predicted molar refractivity (Wildman–Crippen MR) is 101 cm³/mol. The predicted octanol–water partition coefficient (Wildman–Crippen LogP) is 2.19. The van der Waals surface area contributed by atoms with E-state index in [-0.39, 0.29) is 18.1 Å². The van der Waals surface area contributed by atoms with Gasteiger partial charge in [-0.05, 0) is 56.9 Å². The van der Waals surface area contributed by atoms with E-state index in [0.29, 0.717) is 11.8 Å². The Morgan fingerprint density at radius 3 is 2.33 bits per heavy atom. The van der Waals surface area contributed by atoms with E-state index in [4.69, 9.17) is 19.4 Å². The van der Waals surface area contributed by atoms with Crippen LogP contribution in [0.25, 0.3) is 0 Å². The van der Waals surface area contributed by atoms with Gasteiger partial charge in [0.25, 0.3) is 0 Å². The molecule has 0 unspecified atom stereocenters. The van der Waals surface area contributed by atoms with E-state index in [1.54, 1.807) is 0 Å². The number of carboxylic acid groups (broad SMARTS) is 1. The molecule has 3 aliphatic heterocycles. The Hall–Kier alpha value is -1.39. The van der Waals surface area contributed by atoms with Crippen LogP contribution in [0.4, 0.5) is 13.2 Å². The molecule has 0 bridgehead atoms. The molecule has 0 radical (unpaired) electrons. The topological polar surface area (TPSA) is 88.1 Å². The highest BCUT2D eigenvalue weighted by Crippen LogP contribution is 2.36. The molecule has 4 fully saturated rings. The average molecular weight is 436 g/mol. The largest absolute Gasteiger partial charge is 0.490 e. The van der Waals surface area contributed by atoms with Crippen LogP contribution in [0.3, 0.4) is 0 Å². The molecule has 1 amide bonds. The number of carbonyl (C=O) groups is 2. The second-order valence-electron chi connectivity index (χ2n) is 8.63. The first-order valence-electron chi connectivity index (χ1n) is 10.8. The summed E-state index contributed by atoms with van der Waals surface area (Å²) < 4.78 is 43.2. The molecule has 4 aliphatic rings. The van der Waals surface area contributed by atoms with Gasteiger partial charge in [0.1, 0.15) is 6.10 Å². The summed E-state index contributed by atoms with van der Waals surface area (Å²) in [7, 11) is 0. The Morgan fingerprint density at radius 2 is 1.77 bits per heavy atom. The molecule has 3 saturated heterocycles. The highest BCUT2D eigenvalue weighted by Gasteiger charge is 2.43. The number of likely N-dealkylation sites (tertiary alicyclic amines) is 1. The molecule has 7 nitrogen and oxygen atoms in total. The number of amides is 1. The van der Waals surface area contributed by atoms with E-state index in [2.05, 4.69) is 10.2 Å². The minimum Gasteiger partial charge on any atom is -0.475 e. The van der Waals surface area contributed by atoms with E-state index in [1.807, 2.05) is 0 Å². The minimum atomic E-state index is -5.08. The lowest BCUT2D eigenvalue weighted by molar-refractivity contribution is -0.192. The number of nitrogens with zero attached hydrogens (tertiary/aromatic N) is 1. The molecular weight excluding hydrogens is 405 g/mol. The van der Waals surface area contributed by atoms with Crippen molar-refractivity contribution in [2.75, 3.05) is 32.8 Å². The summed E-state index contributed by atoms with van der Waals surface area (Å²) in [6.45, 7) is 4.69. The number of rotatable bonds is 4. The number of ether oxygens (including phenoxy) is 2. The van der Waals surface area contributed by atoms with Crippen LogP contribution in [0.15, 0.2) is 0 Å². The number of carboxylic acids is 1. The summed E-state index contributed by atoms with van der Waals surface area (Å²) in [5.41, 5.74) is 0. The highest BCUT2D eigenvalue weighted by molar-refractivity contribution is 5.81. The smallest absolute Gasteiger partial charge is 0.475 e. The molecule has 2 N–H and O–H groups in total. The number of halogens is 3. The molecule has 1 aliphatic carbocycles. The van der Waals surface area contributed by atoms with Crippen LogP contribution in [0.5, 0.6) is 0 Å². The summed E-state index contributed by atoms with van der Waals surface area (Å²) in [4.78, 5) is 23.9. The number of nitrogens with one attached hydrogen (secondary N) is 1. The number of carbonyl (C=O) groups excluding carboxylic acids is 1. The van der Waals surface area contributed by atoms with Crippen molar-refractivity contribution in [1.82, 2.24) is 10.2 Å². The lowest BCUT2D eigenvalue weighted by Crippen LogP contribution is -2.49. The summed E-state index contributed by atoms with van der Waals surface area (Å²) in [5, 5.41) is 10.3. The Bertz CT molecular complexity index is 593. The summed E-state index contributed by atoms with van der Waals surface area (Å²) in [6.07, 6.45) is 3.31. The monoisotopic (exact) mass is 436 g/mol. The van der Waals surface area contributed by atoms with Gasteiger partial charge in [0.05, 0.1) is 6.10 Å². The summed E-state index contributed by atoms with van der Waals surface area (Å²) >= 11 is 0. The maximum Gasteiger partial charge on any atom is 0.490 e. The molecule has 0 spiro atoms. The average Bonchev–Trinajstić information content (AvgIpc) is 3.09. The van der Waals surface area contributed by atoms with Crippen molar-refractivity contribution < 1.29 is 37.3 Å². The number of aliphatic carboxylic acids is 1. The van der Waals surface area contributed by atoms with Gasteiger partial charge in [-0.15, -0.1) is 0 Å². The van der Waals surface area contributed by atoms with Crippen molar-refractivity contribution in [3.8, 4) is 0 Å². The molecule has 172 valence electrons. The Kier molecular flexibility index (Phi) is 7.98. The number of piperidine rings is 1. The van der Waals surface area contributed by atoms with Gasteiger partial charge in [-0.3, -0.25) is 9.69 Å². The van der Waals surface area contributed by atoms with E-state index in [1.165, 1.54) is 32.2 Å². The quantitative estimate of drug-likeness (QED) is 0.703. The fourth-order valence-electron chi connectivity index (χ4n) is 4.52. The van der Waals surface area contributed by atoms with Gasteiger partial charge >= 0.3 is 12.1 Å². The van der Waals surface area contributed by atoms with Crippen molar-refractivity contribution in [1.29, 1.82) is 0 Å². The zero-order valence-corrected chi connectivity index (χ0v) is 17.0. The fourth-order valence-corrected chi connectivity index (χ4v) is 4.52. The normalized spacial score (nSPS) is 30.6. The molecule has 10 heteroatoms. The van der Waals surface area contributed by atoms with Gasteiger partial charge in [-0.1, -0.05) is 6.42 Å². The second kappa shape index (κ2) is 10.3. The number of hydrogen-bond donors (Lipinski definition) is 2. The first-order chi connectivity index (χ1) is 14.2. The van der Waals surface area contributed by atoms with Crippen molar-refractivity contribution in [2.45, 2.75) is 69.4 Å². The van der Waals surface area contributed by atoms with Crippen LogP contribution in [0, 0.1) is 11.8 Å². The number of fused-ring (bicyclic) bond motifs is 1. The van der Waals surface area contributed by atoms with Crippen LogP contribution in [0.2, 0.25) is 0 Å². The van der Waals surface area contributed by atoms with E-state index >= 15 is 0 Å². The fraction of sp³-hybridized carbons (Fsp3) is 0.900. The SMILES string of the molecule is O=C(NCC1CCOCC1)[C@@H]1C[C@@H]2CCN(C3CCC3)C[C@H]2O1.O=C(O)C(F)(F)F. The second-order valence-corrected chi connectivity index (χ2v) is 8.63. The standard InChI is InChI=1S/C18H30N2O3.C2HF3O2/c21-18(19-11-13-5-8-22-9-6-13)16-10-14-4-7-20(12-17(14)23-16)15-2-1-3-15;3-2(4,5)1(6)7/h13-17H,1-12H2,(H,19,21);(H,6,7)/t14-,16-,17+;/m0./s1. The maximum absolute atomic E-state index is 12.4.